The molecule has 3 amide bonds. The molecular weight excluding hydrogens is 306 g/mol. The summed E-state index contributed by atoms with van der Waals surface area (Å²) in [5, 5.41) is 14.5. The third kappa shape index (κ3) is 6.20. The maximum atomic E-state index is 12.5. The number of hydrogen-bond acceptors (Lipinski definition) is 3. The average molecular weight is 335 g/mol. The molecule has 0 aliphatic heterocycles. The smallest absolute Gasteiger partial charge is 0.319 e. The summed E-state index contributed by atoms with van der Waals surface area (Å²) < 4.78 is 0. The molecule has 0 fully saturated rings. The van der Waals surface area contributed by atoms with E-state index in [0.717, 1.165) is 25.9 Å². The number of carbonyl (C=O) groups excluding carboxylic acids is 2. The second-order valence-corrected chi connectivity index (χ2v) is 5.76. The van der Waals surface area contributed by atoms with Gasteiger partial charge in [-0.1, -0.05) is 20.8 Å². The predicted molar refractivity (Wildman–Crippen MR) is 96.2 cm³/mol. The van der Waals surface area contributed by atoms with E-state index in [2.05, 4.69) is 24.5 Å². The molecule has 0 aromatic heterocycles. The van der Waals surface area contributed by atoms with Gasteiger partial charge in [-0.2, -0.15) is 0 Å². The van der Waals surface area contributed by atoms with Gasteiger partial charge < -0.3 is 20.6 Å². The average Bonchev–Trinajstić information content (AvgIpc) is 2.59. The molecule has 3 N–H and O–H groups in total. The lowest BCUT2D eigenvalue weighted by Gasteiger charge is -2.21. The molecule has 0 spiro atoms. The summed E-state index contributed by atoms with van der Waals surface area (Å²) in [5.74, 6) is 0.0148. The number of nitrogens with one attached hydrogen (secondary N) is 2. The van der Waals surface area contributed by atoms with Gasteiger partial charge in [0, 0.05) is 24.3 Å². The van der Waals surface area contributed by atoms with Crippen molar-refractivity contribution in [2.75, 3.05) is 25.0 Å². The van der Waals surface area contributed by atoms with Crippen molar-refractivity contribution in [1.29, 1.82) is 0 Å². The van der Waals surface area contributed by atoms with Crippen molar-refractivity contribution in [3.63, 3.8) is 0 Å². The minimum atomic E-state index is -0.367. The number of benzene rings is 1. The molecule has 0 aliphatic rings. The van der Waals surface area contributed by atoms with E-state index in [1.807, 2.05) is 11.8 Å². The van der Waals surface area contributed by atoms with Crippen LogP contribution >= 0.6 is 0 Å². The number of urea groups is 1. The van der Waals surface area contributed by atoms with E-state index in [4.69, 9.17) is 5.11 Å². The molecule has 1 unspecified atom stereocenters. The van der Waals surface area contributed by atoms with E-state index < -0.39 is 0 Å². The lowest BCUT2D eigenvalue weighted by atomic mass is 10.1. The zero-order valence-electron chi connectivity index (χ0n) is 14.8. The number of anilines is 1. The van der Waals surface area contributed by atoms with E-state index in [-0.39, 0.29) is 24.6 Å². The number of aliphatic hydroxyl groups excluding tert-OH is 1. The first-order valence-corrected chi connectivity index (χ1v) is 8.63. The zero-order valence-corrected chi connectivity index (χ0v) is 14.8. The van der Waals surface area contributed by atoms with Crippen LogP contribution < -0.4 is 10.6 Å². The lowest BCUT2D eigenvalue weighted by Crippen LogP contribution is -2.39. The van der Waals surface area contributed by atoms with Crippen LogP contribution in [-0.4, -0.2) is 47.7 Å². The van der Waals surface area contributed by atoms with Gasteiger partial charge >= 0.3 is 6.03 Å². The molecule has 1 aromatic carbocycles. The van der Waals surface area contributed by atoms with Gasteiger partial charge in [-0.3, -0.25) is 4.79 Å². The first-order valence-electron chi connectivity index (χ1n) is 8.63. The standard InChI is InChI=1S/C18H29N3O3/c1-4-11-21(12-5-2)17(23)14-7-9-16(10-8-14)20-18(24)19-15(6-3)13-22/h7-10,15,22H,4-6,11-13H2,1-3H3,(H2,19,20,24). The Kier molecular flexibility index (Phi) is 8.86. The van der Waals surface area contributed by atoms with Crippen LogP contribution in [0.4, 0.5) is 10.5 Å². The zero-order chi connectivity index (χ0) is 17.9. The van der Waals surface area contributed by atoms with E-state index in [1.54, 1.807) is 24.3 Å². The maximum Gasteiger partial charge on any atom is 0.319 e. The van der Waals surface area contributed by atoms with Crippen LogP contribution in [0.1, 0.15) is 50.4 Å². The highest BCUT2D eigenvalue weighted by molar-refractivity contribution is 5.95. The summed E-state index contributed by atoms with van der Waals surface area (Å²) in [4.78, 5) is 26.2. The van der Waals surface area contributed by atoms with Gasteiger partial charge in [0.25, 0.3) is 5.91 Å². The SMILES string of the molecule is CCCN(CCC)C(=O)c1ccc(NC(=O)NC(CC)CO)cc1. The number of hydrogen-bond donors (Lipinski definition) is 3. The molecule has 0 heterocycles. The minimum Gasteiger partial charge on any atom is -0.394 e. The van der Waals surface area contributed by atoms with Gasteiger partial charge in [0.05, 0.1) is 12.6 Å². The third-order valence-corrected chi connectivity index (χ3v) is 3.71. The first-order chi connectivity index (χ1) is 11.5. The van der Waals surface area contributed by atoms with Gasteiger partial charge in [-0.15, -0.1) is 0 Å². The minimum absolute atomic E-state index is 0.0148. The van der Waals surface area contributed by atoms with Gasteiger partial charge in [0.2, 0.25) is 0 Å². The summed E-state index contributed by atoms with van der Waals surface area (Å²) >= 11 is 0. The quantitative estimate of drug-likeness (QED) is 0.649. The molecule has 0 saturated heterocycles. The fourth-order valence-electron chi connectivity index (χ4n) is 2.36. The van der Waals surface area contributed by atoms with Crippen molar-refractivity contribution in [3.8, 4) is 0 Å². The molecule has 1 atom stereocenters. The number of rotatable bonds is 9. The predicted octanol–water partition coefficient (Wildman–Crippen LogP) is 2.84. The Hall–Kier alpha value is -2.08. The van der Waals surface area contributed by atoms with Crippen LogP contribution in [0.25, 0.3) is 0 Å². The third-order valence-electron chi connectivity index (χ3n) is 3.71. The van der Waals surface area contributed by atoms with Gasteiger partial charge in [-0.05, 0) is 43.5 Å². The van der Waals surface area contributed by atoms with Crippen LogP contribution in [0, 0.1) is 0 Å². The molecule has 6 nitrogen and oxygen atoms in total. The second-order valence-electron chi connectivity index (χ2n) is 5.76. The van der Waals surface area contributed by atoms with Crippen molar-refractivity contribution in [3.05, 3.63) is 29.8 Å². The molecule has 24 heavy (non-hydrogen) atoms. The first kappa shape index (κ1) is 20.0. The fourth-order valence-corrected chi connectivity index (χ4v) is 2.36. The summed E-state index contributed by atoms with van der Waals surface area (Å²) in [6.45, 7) is 7.39. The van der Waals surface area contributed by atoms with Gasteiger partial charge in [0.1, 0.15) is 0 Å². The molecule has 134 valence electrons. The van der Waals surface area contributed by atoms with Crippen LogP contribution in [0.3, 0.4) is 0 Å². The van der Waals surface area contributed by atoms with E-state index in [9.17, 15) is 9.59 Å². The Morgan fingerprint density at radius 3 is 2.12 bits per heavy atom. The molecule has 6 heteroatoms. The Labute approximate surface area is 144 Å². The van der Waals surface area contributed by atoms with E-state index in [0.29, 0.717) is 17.7 Å². The van der Waals surface area contributed by atoms with Crippen LogP contribution in [-0.2, 0) is 0 Å². The Morgan fingerprint density at radius 1 is 1.08 bits per heavy atom. The molecule has 1 rings (SSSR count). The number of aliphatic hydroxyl groups is 1. The molecule has 0 radical (unpaired) electrons. The molecule has 0 bridgehead atoms. The monoisotopic (exact) mass is 335 g/mol. The van der Waals surface area contributed by atoms with Gasteiger partial charge in [0.15, 0.2) is 0 Å². The molecule has 0 saturated carbocycles. The topological polar surface area (TPSA) is 81.7 Å². The number of nitrogens with zero attached hydrogens (tertiary/aromatic N) is 1. The Balaban J connectivity index is 2.67. The molecule has 1 aromatic rings. The largest absolute Gasteiger partial charge is 0.394 e. The van der Waals surface area contributed by atoms with Crippen molar-refractivity contribution in [2.24, 2.45) is 0 Å². The maximum absolute atomic E-state index is 12.5. The van der Waals surface area contributed by atoms with Gasteiger partial charge in [-0.25, -0.2) is 4.79 Å². The summed E-state index contributed by atoms with van der Waals surface area (Å²) in [5.41, 5.74) is 1.22. The van der Waals surface area contributed by atoms with Crippen molar-refractivity contribution >= 4 is 17.6 Å². The van der Waals surface area contributed by atoms with Crippen molar-refractivity contribution < 1.29 is 14.7 Å². The highest BCUT2D eigenvalue weighted by Gasteiger charge is 2.14. The summed E-state index contributed by atoms with van der Waals surface area (Å²) in [6.07, 6.45) is 2.51. The number of carbonyl (C=O) groups is 2. The van der Waals surface area contributed by atoms with Crippen LogP contribution in [0.2, 0.25) is 0 Å². The second kappa shape index (κ2) is 10.6. The van der Waals surface area contributed by atoms with Crippen molar-refractivity contribution in [1.82, 2.24) is 10.2 Å². The highest BCUT2D eigenvalue weighted by Crippen LogP contribution is 2.12. The normalized spacial score (nSPS) is 11.7. The van der Waals surface area contributed by atoms with E-state index >= 15 is 0 Å². The molecular formula is C18H29N3O3. The fraction of sp³-hybridized carbons (Fsp3) is 0.556. The van der Waals surface area contributed by atoms with Crippen LogP contribution in [0.15, 0.2) is 24.3 Å². The van der Waals surface area contributed by atoms with Crippen LogP contribution in [0.5, 0.6) is 0 Å². The summed E-state index contributed by atoms with van der Waals surface area (Å²) in [6, 6.07) is 6.24. The molecule has 0 aliphatic carbocycles. The Bertz CT molecular complexity index is 507. The van der Waals surface area contributed by atoms with E-state index in [1.165, 1.54) is 0 Å². The van der Waals surface area contributed by atoms with Crippen molar-refractivity contribution in [2.45, 2.75) is 46.1 Å². The highest BCUT2D eigenvalue weighted by atomic mass is 16.3. The lowest BCUT2D eigenvalue weighted by molar-refractivity contribution is 0.0755. The number of amides is 3. The summed E-state index contributed by atoms with van der Waals surface area (Å²) in [7, 11) is 0. The Morgan fingerprint density at radius 2 is 1.67 bits per heavy atom.